The summed E-state index contributed by atoms with van der Waals surface area (Å²) in [7, 11) is 0. The molecule has 1 N–H and O–H groups in total. The van der Waals surface area contributed by atoms with Gasteiger partial charge in [-0.1, -0.05) is 30.3 Å². The summed E-state index contributed by atoms with van der Waals surface area (Å²) < 4.78 is 14.3. The molecule has 0 atom stereocenters. The summed E-state index contributed by atoms with van der Waals surface area (Å²) in [6.45, 7) is 1.78. The number of amides is 1. The molecule has 0 aliphatic carbocycles. The van der Waals surface area contributed by atoms with E-state index >= 15 is 0 Å². The Kier molecular flexibility index (Phi) is 4.75. The number of hydrogen-bond donors (Lipinski definition) is 1. The first kappa shape index (κ1) is 18.1. The van der Waals surface area contributed by atoms with Gasteiger partial charge in [0.1, 0.15) is 17.2 Å². The quantitative estimate of drug-likeness (QED) is 0.565. The van der Waals surface area contributed by atoms with Crippen molar-refractivity contribution in [2.75, 3.05) is 5.32 Å². The topological polar surface area (TPSA) is 64.0 Å². The predicted molar refractivity (Wildman–Crippen MR) is 109 cm³/mol. The van der Waals surface area contributed by atoms with Crippen molar-refractivity contribution in [1.29, 1.82) is 0 Å². The SMILES string of the molecule is Cc1sc2ncn(CC(=O)Nc3ccc(F)cc3)c(=O)c2c1-c1ccccc1. The average Bonchev–Trinajstić information content (AvgIpc) is 3.03. The number of aryl methyl sites for hydroxylation is 1. The molecule has 2 heterocycles. The minimum absolute atomic E-state index is 0.178. The van der Waals surface area contributed by atoms with E-state index in [9.17, 15) is 14.0 Å². The molecule has 0 unspecified atom stereocenters. The van der Waals surface area contributed by atoms with Crippen LogP contribution in [0, 0.1) is 12.7 Å². The molecule has 0 saturated heterocycles. The monoisotopic (exact) mass is 393 g/mol. The van der Waals surface area contributed by atoms with Crippen LogP contribution in [0.15, 0.2) is 65.7 Å². The number of benzene rings is 2. The van der Waals surface area contributed by atoms with Crippen molar-refractivity contribution in [2.24, 2.45) is 0 Å². The molecule has 2 aromatic carbocycles. The van der Waals surface area contributed by atoms with Crippen LogP contribution in [-0.4, -0.2) is 15.5 Å². The van der Waals surface area contributed by atoms with E-state index in [1.807, 2.05) is 37.3 Å². The summed E-state index contributed by atoms with van der Waals surface area (Å²) >= 11 is 1.46. The number of carbonyl (C=O) groups is 1. The second-order valence-corrected chi connectivity index (χ2v) is 7.52. The maximum Gasteiger partial charge on any atom is 0.263 e. The lowest BCUT2D eigenvalue weighted by Gasteiger charge is -2.08. The number of anilines is 1. The minimum Gasteiger partial charge on any atom is -0.325 e. The Bertz CT molecular complexity index is 1210. The van der Waals surface area contributed by atoms with Gasteiger partial charge in [-0.05, 0) is 36.8 Å². The lowest BCUT2D eigenvalue weighted by Crippen LogP contribution is -2.27. The summed E-state index contributed by atoms with van der Waals surface area (Å²) in [6.07, 6.45) is 1.39. The van der Waals surface area contributed by atoms with Gasteiger partial charge in [-0.25, -0.2) is 9.37 Å². The lowest BCUT2D eigenvalue weighted by atomic mass is 10.0. The van der Waals surface area contributed by atoms with Crippen molar-refractivity contribution in [1.82, 2.24) is 9.55 Å². The molecule has 140 valence electrons. The van der Waals surface area contributed by atoms with E-state index in [-0.39, 0.29) is 23.8 Å². The molecule has 7 heteroatoms. The number of halogens is 1. The Balaban J connectivity index is 1.69. The summed E-state index contributed by atoms with van der Waals surface area (Å²) in [4.78, 5) is 31.4. The highest BCUT2D eigenvalue weighted by Crippen LogP contribution is 2.35. The highest BCUT2D eigenvalue weighted by molar-refractivity contribution is 7.19. The third kappa shape index (κ3) is 3.44. The highest BCUT2D eigenvalue weighted by atomic mass is 32.1. The zero-order valence-electron chi connectivity index (χ0n) is 15.0. The van der Waals surface area contributed by atoms with E-state index in [1.54, 1.807) is 0 Å². The molecule has 0 aliphatic heterocycles. The molecule has 28 heavy (non-hydrogen) atoms. The van der Waals surface area contributed by atoms with E-state index in [2.05, 4.69) is 10.3 Å². The van der Waals surface area contributed by atoms with Gasteiger partial charge in [0.25, 0.3) is 5.56 Å². The first-order valence-corrected chi connectivity index (χ1v) is 9.44. The molecular formula is C21H16FN3O2S. The predicted octanol–water partition coefficient (Wildman–Crippen LogP) is 4.21. The fourth-order valence-electron chi connectivity index (χ4n) is 3.09. The number of hydrogen-bond acceptors (Lipinski definition) is 4. The second kappa shape index (κ2) is 7.36. The normalized spacial score (nSPS) is 10.9. The largest absolute Gasteiger partial charge is 0.325 e. The molecule has 0 bridgehead atoms. The van der Waals surface area contributed by atoms with E-state index < -0.39 is 0 Å². The number of fused-ring (bicyclic) bond motifs is 1. The van der Waals surface area contributed by atoms with E-state index in [0.717, 1.165) is 16.0 Å². The molecular weight excluding hydrogens is 377 g/mol. The molecule has 4 rings (SSSR count). The van der Waals surface area contributed by atoms with Crippen LogP contribution in [0.25, 0.3) is 21.3 Å². The zero-order chi connectivity index (χ0) is 19.7. The first-order valence-electron chi connectivity index (χ1n) is 8.62. The molecule has 4 aromatic rings. The van der Waals surface area contributed by atoms with E-state index in [0.29, 0.717) is 15.9 Å². The number of carbonyl (C=O) groups excluding carboxylic acids is 1. The molecule has 1 amide bonds. The second-order valence-electron chi connectivity index (χ2n) is 6.31. The Morgan fingerprint density at radius 2 is 1.86 bits per heavy atom. The van der Waals surface area contributed by atoms with Crippen molar-refractivity contribution < 1.29 is 9.18 Å². The van der Waals surface area contributed by atoms with E-state index in [1.165, 1.54) is 46.5 Å². The Morgan fingerprint density at radius 1 is 1.14 bits per heavy atom. The molecule has 0 spiro atoms. The number of aromatic nitrogens is 2. The maximum atomic E-state index is 13.1. The van der Waals surface area contributed by atoms with Crippen molar-refractivity contribution in [3.8, 4) is 11.1 Å². The van der Waals surface area contributed by atoms with Crippen LogP contribution >= 0.6 is 11.3 Å². The third-order valence-corrected chi connectivity index (χ3v) is 5.37. The van der Waals surface area contributed by atoms with Crippen LogP contribution in [0.2, 0.25) is 0 Å². The van der Waals surface area contributed by atoms with Crippen LogP contribution < -0.4 is 10.9 Å². The van der Waals surface area contributed by atoms with Gasteiger partial charge in [-0.15, -0.1) is 11.3 Å². The van der Waals surface area contributed by atoms with E-state index in [4.69, 9.17) is 0 Å². The Labute approximate surface area is 164 Å². The van der Waals surface area contributed by atoms with Crippen molar-refractivity contribution >= 4 is 33.1 Å². The number of thiophene rings is 1. The summed E-state index contributed by atoms with van der Waals surface area (Å²) in [6, 6.07) is 15.1. The van der Waals surface area contributed by atoms with Crippen LogP contribution in [0.5, 0.6) is 0 Å². The van der Waals surface area contributed by atoms with Crippen LogP contribution in [0.3, 0.4) is 0 Å². The first-order chi connectivity index (χ1) is 13.5. The number of rotatable bonds is 4. The molecule has 0 saturated carbocycles. The minimum atomic E-state index is -0.386. The summed E-state index contributed by atoms with van der Waals surface area (Å²) in [5, 5.41) is 3.17. The molecule has 0 fully saturated rings. The van der Waals surface area contributed by atoms with Crippen molar-refractivity contribution in [3.63, 3.8) is 0 Å². The smallest absolute Gasteiger partial charge is 0.263 e. The standard InChI is InChI=1S/C21H16FN3O2S/c1-13-18(14-5-3-2-4-6-14)19-20(28-13)23-12-25(21(19)27)11-17(26)24-16-9-7-15(22)8-10-16/h2-10,12H,11H2,1H3,(H,24,26). The highest BCUT2D eigenvalue weighted by Gasteiger charge is 2.17. The summed E-state index contributed by atoms with van der Waals surface area (Å²) in [5.41, 5.74) is 2.00. The van der Waals surface area contributed by atoms with Gasteiger partial charge in [0.2, 0.25) is 5.91 Å². The Morgan fingerprint density at radius 3 is 2.57 bits per heavy atom. The molecule has 0 aliphatic rings. The van der Waals surface area contributed by atoms with Gasteiger partial charge >= 0.3 is 0 Å². The van der Waals surface area contributed by atoms with Gasteiger partial charge in [-0.2, -0.15) is 0 Å². The fourth-order valence-corrected chi connectivity index (χ4v) is 4.09. The van der Waals surface area contributed by atoms with Gasteiger partial charge in [-0.3, -0.25) is 14.2 Å². The molecule has 5 nitrogen and oxygen atoms in total. The van der Waals surface area contributed by atoms with Crippen LogP contribution in [-0.2, 0) is 11.3 Å². The summed E-state index contributed by atoms with van der Waals surface area (Å²) in [5.74, 6) is -0.770. The maximum absolute atomic E-state index is 13.1. The molecule has 2 aromatic heterocycles. The zero-order valence-corrected chi connectivity index (χ0v) is 15.8. The third-order valence-electron chi connectivity index (χ3n) is 4.36. The molecule has 0 radical (unpaired) electrons. The van der Waals surface area contributed by atoms with Gasteiger partial charge in [0, 0.05) is 16.1 Å². The fraction of sp³-hybridized carbons (Fsp3) is 0.0952. The van der Waals surface area contributed by atoms with Crippen LogP contribution in [0.1, 0.15) is 4.88 Å². The average molecular weight is 393 g/mol. The number of nitrogens with one attached hydrogen (secondary N) is 1. The number of nitrogens with zero attached hydrogens (tertiary/aromatic N) is 2. The van der Waals surface area contributed by atoms with Crippen LogP contribution in [0.4, 0.5) is 10.1 Å². The van der Waals surface area contributed by atoms with Gasteiger partial charge < -0.3 is 5.32 Å². The van der Waals surface area contributed by atoms with Gasteiger partial charge in [0.15, 0.2) is 0 Å². The van der Waals surface area contributed by atoms with Crippen molar-refractivity contribution in [3.05, 3.63) is 82.0 Å². The Hall–Kier alpha value is -3.32. The van der Waals surface area contributed by atoms with Crippen molar-refractivity contribution in [2.45, 2.75) is 13.5 Å². The lowest BCUT2D eigenvalue weighted by molar-refractivity contribution is -0.116. The van der Waals surface area contributed by atoms with Gasteiger partial charge in [0.05, 0.1) is 11.7 Å².